The van der Waals surface area contributed by atoms with Gasteiger partial charge in [0, 0.05) is 21.1 Å². The Balaban J connectivity index is 0.000000713. The topological polar surface area (TPSA) is 17.1 Å². The average Bonchev–Trinajstić information content (AvgIpc) is 2.97. The van der Waals surface area contributed by atoms with Gasteiger partial charge in [0.2, 0.25) is 5.12 Å². The molecule has 0 aromatic heterocycles. The molecule has 0 saturated heterocycles. The highest BCUT2D eigenvalue weighted by molar-refractivity contribution is 8.14. The van der Waals surface area contributed by atoms with Gasteiger partial charge in [-0.15, -0.1) is 6.58 Å². The summed E-state index contributed by atoms with van der Waals surface area (Å²) < 4.78 is 14.4. The van der Waals surface area contributed by atoms with Crippen LogP contribution in [0.25, 0.3) is 5.57 Å². The minimum atomic E-state index is -0.0507. The molecule has 0 heterocycles. The molecule has 0 radical (unpaired) electrons. The Morgan fingerprint density at radius 1 is 1.02 bits per heavy atom. The highest BCUT2D eigenvalue weighted by atomic mass is 32.2. The van der Waals surface area contributed by atoms with Crippen molar-refractivity contribution in [2.45, 2.75) is 98.8 Å². The number of unbranched alkanes of at least 4 members (excludes halogenated alkanes) is 1. The molecular weight excluding hydrogens is 556 g/mol. The van der Waals surface area contributed by atoms with E-state index in [0.29, 0.717) is 0 Å². The van der Waals surface area contributed by atoms with Crippen LogP contribution in [0.15, 0.2) is 89.7 Å². The maximum atomic E-state index is 14.4. The van der Waals surface area contributed by atoms with Crippen molar-refractivity contribution in [3.8, 4) is 0 Å². The molecule has 0 saturated carbocycles. The summed E-state index contributed by atoms with van der Waals surface area (Å²) in [5, 5.41) is 0.172. The van der Waals surface area contributed by atoms with Crippen LogP contribution in [-0.2, 0) is 0 Å². The summed E-state index contributed by atoms with van der Waals surface area (Å²) in [6.45, 7) is 29.6. The fourth-order valence-corrected chi connectivity index (χ4v) is 5.57. The second-order valence-electron chi connectivity index (χ2n) is 10.3. The van der Waals surface area contributed by atoms with Gasteiger partial charge in [0.15, 0.2) is 0 Å². The highest BCUT2D eigenvalue weighted by Crippen LogP contribution is 2.32. The molecule has 2 rings (SSSR count). The normalized spacial score (nSPS) is 11.6. The lowest BCUT2D eigenvalue weighted by molar-refractivity contribution is 0.108. The number of halogens is 1. The van der Waals surface area contributed by atoms with Crippen LogP contribution in [0.3, 0.4) is 0 Å². The van der Waals surface area contributed by atoms with Gasteiger partial charge in [0.1, 0.15) is 5.82 Å². The molecule has 0 aliphatic heterocycles. The summed E-state index contributed by atoms with van der Waals surface area (Å²) in [6.07, 6.45) is 12.0. The first-order valence-corrected chi connectivity index (χ1v) is 16.6. The van der Waals surface area contributed by atoms with E-state index in [-0.39, 0.29) is 16.9 Å². The van der Waals surface area contributed by atoms with Gasteiger partial charge in [-0.05, 0) is 125 Å². The minimum Gasteiger partial charge on any atom is -0.282 e. The SMILES string of the molecule is C/C=C\C.C=C(C)C(=C)Sc1ccc(C(=O)SCCCC)c(C)c1.C=CCCC(C)c1ccc(/C(C)=C/C)c(C)c1F. The van der Waals surface area contributed by atoms with Crippen molar-refractivity contribution in [2.24, 2.45) is 0 Å². The number of thioether (sulfide) groups is 2. The molecular formula is C38H53FOS2. The Bertz CT molecular complexity index is 1230. The zero-order chi connectivity index (χ0) is 32.2. The first-order valence-electron chi connectivity index (χ1n) is 14.8. The standard InChI is InChI=1S/C17H23F.C17H22OS2.C4H8/c1-6-8-9-13(4)16-11-10-15(12(3)7-2)14(5)17(16)18;1-6-7-10-19-17(18)16-9-8-15(11-13(16)4)20-14(5)12(2)3;1-3-4-2/h6-7,10-11,13H,1,8-9H2,2-5H3;8-9,11H,2,5-7,10H2,1,3-4H3;3-4H,1-2H3/b12-7+;;4-3-. The smallest absolute Gasteiger partial charge is 0.219 e. The number of hydrogen-bond donors (Lipinski definition) is 0. The van der Waals surface area contributed by atoms with Crippen LogP contribution in [0.5, 0.6) is 0 Å². The van der Waals surface area contributed by atoms with E-state index < -0.39 is 0 Å². The Kier molecular flexibility index (Phi) is 20.7. The quantitative estimate of drug-likeness (QED) is 0.103. The molecule has 230 valence electrons. The van der Waals surface area contributed by atoms with Gasteiger partial charge >= 0.3 is 0 Å². The van der Waals surface area contributed by atoms with Gasteiger partial charge in [-0.2, -0.15) is 0 Å². The maximum absolute atomic E-state index is 14.4. The first-order chi connectivity index (χ1) is 19.9. The Labute approximate surface area is 265 Å². The van der Waals surface area contributed by atoms with Crippen LogP contribution >= 0.6 is 23.5 Å². The second kappa shape index (κ2) is 22.0. The molecule has 0 spiro atoms. The predicted octanol–water partition coefficient (Wildman–Crippen LogP) is 13.1. The molecule has 0 aliphatic carbocycles. The van der Waals surface area contributed by atoms with E-state index in [4.69, 9.17) is 0 Å². The third kappa shape index (κ3) is 14.1. The number of benzene rings is 2. The van der Waals surface area contributed by atoms with Crippen LogP contribution in [0, 0.1) is 19.7 Å². The second-order valence-corrected chi connectivity index (χ2v) is 12.6. The van der Waals surface area contributed by atoms with E-state index in [1.807, 2.05) is 103 Å². The maximum Gasteiger partial charge on any atom is 0.219 e. The summed E-state index contributed by atoms with van der Waals surface area (Å²) in [5.74, 6) is 1.09. The van der Waals surface area contributed by atoms with Crippen molar-refractivity contribution in [2.75, 3.05) is 5.75 Å². The van der Waals surface area contributed by atoms with E-state index >= 15 is 0 Å². The summed E-state index contributed by atoms with van der Waals surface area (Å²) >= 11 is 3.01. The fourth-order valence-electron chi connectivity index (χ4n) is 3.74. The van der Waals surface area contributed by atoms with Crippen LogP contribution in [-0.4, -0.2) is 10.9 Å². The van der Waals surface area contributed by atoms with Crippen LogP contribution < -0.4 is 0 Å². The molecule has 2 aromatic carbocycles. The third-order valence-electron chi connectivity index (χ3n) is 6.81. The van der Waals surface area contributed by atoms with E-state index in [1.54, 1.807) is 11.8 Å². The number of carbonyl (C=O) groups excluding carboxylic acids is 1. The number of rotatable bonds is 12. The minimum absolute atomic E-state index is 0.0507. The molecule has 0 fully saturated rings. The fraction of sp³-hybridized carbons (Fsp3) is 0.395. The first kappa shape index (κ1) is 39.4. The predicted molar refractivity (Wildman–Crippen MR) is 191 cm³/mol. The summed E-state index contributed by atoms with van der Waals surface area (Å²) in [4.78, 5) is 14.2. The van der Waals surface area contributed by atoms with Gasteiger partial charge in [-0.1, -0.05) is 93.4 Å². The Morgan fingerprint density at radius 3 is 2.14 bits per heavy atom. The molecule has 4 heteroatoms. The van der Waals surface area contributed by atoms with Crippen molar-refractivity contribution < 1.29 is 9.18 Å². The van der Waals surface area contributed by atoms with E-state index in [0.717, 1.165) is 80.2 Å². The average molecular weight is 609 g/mol. The molecule has 0 amide bonds. The molecule has 1 nitrogen and oxygen atoms in total. The lowest BCUT2D eigenvalue weighted by Gasteiger charge is -2.16. The largest absolute Gasteiger partial charge is 0.282 e. The number of carbonyl (C=O) groups is 1. The zero-order valence-electron chi connectivity index (χ0n) is 27.5. The molecule has 0 aliphatic rings. The zero-order valence-corrected chi connectivity index (χ0v) is 29.2. The summed E-state index contributed by atoms with van der Waals surface area (Å²) in [6, 6.07) is 9.92. The molecule has 1 unspecified atom stereocenters. The third-order valence-corrected chi connectivity index (χ3v) is 8.87. The van der Waals surface area contributed by atoms with Crippen molar-refractivity contribution in [1.29, 1.82) is 0 Å². The van der Waals surface area contributed by atoms with E-state index in [9.17, 15) is 9.18 Å². The van der Waals surface area contributed by atoms with Gasteiger partial charge in [0.25, 0.3) is 0 Å². The molecule has 42 heavy (non-hydrogen) atoms. The Morgan fingerprint density at radius 2 is 1.64 bits per heavy atom. The van der Waals surface area contributed by atoms with Gasteiger partial charge in [-0.25, -0.2) is 4.39 Å². The summed E-state index contributed by atoms with van der Waals surface area (Å²) in [5.41, 5.74) is 6.53. The van der Waals surface area contributed by atoms with Crippen molar-refractivity contribution in [3.63, 3.8) is 0 Å². The van der Waals surface area contributed by atoms with E-state index in [1.165, 1.54) is 11.8 Å². The monoisotopic (exact) mass is 608 g/mol. The number of aryl methyl sites for hydroxylation is 1. The molecule has 1 atom stereocenters. The summed E-state index contributed by atoms with van der Waals surface area (Å²) in [7, 11) is 0. The van der Waals surface area contributed by atoms with Crippen LogP contribution in [0.4, 0.5) is 4.39 Å². The van der Waals surface area contributed by atoms with Crippen LogP contribution in [0.2, 0.25) is 0 Å². The number of hydrogen-bond acceptors (Lipinski definition) is 3. The van der Waals surface area contributed by atoms with Crippen LogP contribution in [0.1, 0.15) is 113 Å². The lowest BCUT2D eigenvalue weighted by atomic mass is 9.90. The number of allylic oxidation sites excluding steroid dienone is 6. The van der Waals surface area contributed by atoms with E-state index in [2.05, 4.69) is 33.6 Å². The Hall–Kier alpha value is -2.56. The molecule has 0 bridgehead atoms. The highest BCUT2D eigenvalue weighted by Gasteiger charge is 2.15. The van der Waals surface area contributed by atoms with Gasteiger partial charge in [0.05, 0.1) is 0 Å². The molecule has 2 aromatic rings. The van der Waals surface area contributed by atoms with Crippen molar-refractivity contribution in [3.05, 3.63) is 118 Å². The van der Waals surface area contributed by atoms with Gasteiger partial charge < -0.3 is 0 Å². The lowest BCUT2D eigenvalue weighted by Crippen LogP contribution is -2.01. The van der Waals surface area contributed by atoms with Gasteiger partial charge in [-0.3, -0.25) is 4.79 Å². The van der Waals surface area contributed by atoms with Crippen molar-refractivity contribution in [1.82, 2.24) is 0 Å². The molecule has 0 N–H and O–H groups in total. The van der Waals surface area contributed by atoms with Crippen molar-refractivity contribution >= 4 is 34.2 Å².